The van der Waals surface area contributed by atoms with Crippen molar-refractivity contribution in [3.63, 3.8) is 0 Å². The molecule has 0 aromatic carbocycles. The normalized spacial score (nSPS) is 12.9. The topological polar surface area (TPSA) is 44.9 Å². The van der Waals surface area contributed by atoms with Gasteiger partial charge in [0.25, 0.3) is 0 Å². The molecule has 0 heterocycles. The molecule has 0 fully saturated rings. The van der Waals surface area contributed by atoms with Crippen LogP contribution in [0.15, 0.2) is 4.99 Å². The highest BCUT2D eigenvalue weighted by molar-refractivity contribution is 5.78. The molecule has 0 radical (unpaired) electrons. The van der Waals surface area contributed by atoms with Crippen LogP contribution in [0, 0.1) is 5.92 Å². The van der Waals surface area contributed by atoms with Crippen LogP contribution < -0.4 is 5.73 Å². The Morgan fingerprint density at radius 3 is 2.06 bits per heavy atom. The van der Waals surface area contributed by atoms with Crippen molar-refractivity contribution in [2.45, 2.75) is 33.7 Å². The van der Waals surface area contributed by atoms with Gasteiger partial charge in [-0.15, -0.1) is 0 Å². The minimum atomic E-state index is 0.258. The maximum atomic E-state index is 6.01. The average Bonchev–Trinajstić information content (AvgIpc) is 2.09. The summed E-state index contributed by atoms with van der Waals surface area (Å²) in [7, 11) is 4.15. The van der Waals surface area contributed by atoms with Gasteiger partial charge in [0.05, 0.1) is 0 Å². The van der Waals surface area contributed by atoms with Gasteiger partial charge in [0.2, 0.25) is 0 Å². The van der Waals surface area contributed by atoms with Crippen molar-refractivity contribution in [2.75, 3.05) is 33.7 Å². The van der Waals surface area contributed by atoms with E-state index in [0.29, 0.717) is 11.9 Å². The first-order chi connectivity index (χ1) is 7.32. The lowest BCUT2D eigenvalue weighted by atomic mass is 10.2. The van der Waals surface area contributed by atoms with E-state index in [1.807, 2.05) is 13.8 Å². The lowest BCUT2D eigenvalue weighted by molar-refractivity contribution is 0.304. The van der Waals surface area contributed by atoms with E-state index in [9.17, 15) is 0 Å². The largest absolute Gasteiger partial charge is 0.370 e. The van der Waals surface area contributed by atoms with Gasteiger partial charge >= 0.3 is 0 Å². The second kappa shape index (κ2) is 7.49. The Morgan fingerprint density at radius 2 is 1.69 bits per heavy atom. The van der Waals surface area contributed by atoms with Gasteiger partial charge in [0.15, 0.2) is 5.96 Å². The van der Waals surface area contributed by atoms with Crippen LogP contribution in [0.25, 0.3) is 0 Å². The Morgan fingerprint density at radius 1 is 1.12 bits per heavy atom. The van der Waals surface area contributed by atoms with E-state index < -0.39 is 0 Å². The summed E-state index contributed by atoms with van der Waals surface area (Å²) < 4.78 is 0. The predicted octanol–water partition coefficient (Wildman–Crippen LogP) is 1.23. The standard InChI is InChI=1S/C12H28N4/c1-10(2)9-16(8-7-15(5)6)12(13)14-11(3)4/h10-11H,7-9H2,1-6H3,(H2,13,14). The van der Waals surface area contributed by atoms with Gasteiger partial charge in [-0.3, -0.25) is 4.99 Å². The maximum Gasteiger partial charge on any atom is 0.191 e. The number of rotatable bonds is 6. The zero-order valence-corrected chi connectivity index (χ0v) is 11.7. The molecular formula is C12H28N4. The quantitative estimate of drug-likeness (QED) is 0.549. The lowest BCUT2D eigenvalue weighted by Crippen LogP contribution is -2.43. The number of likely N-dealkylation sites (N-methyl/N-ethyl adjacent to an activating group) is 1. The Balaban J connectivity index is 4.40. The Hall–Kier alpha value is -0.770. The molecule has 0 saturated heterocycles. The Labute approximate surface area is 101 Å². The molecule has 0 aliphatic rings. The minimum absolute atomic E-state index is 0.258. The molecule has 16 heavy (non-hydrogen) atoms. The van der Waals surface area contributed by atoms with Crippen molar-refractivity contribution in [3.8, 4) is 0 Å². The second-order valence-corrected chi connectivity index (χ2v) is 5.22. The van der Waals surface area contributed by atoms with Crippen molar-refractivity contribution in [1.29, 1.82) is 0 Å². The maximum absolute atomic E-state index is 6.01. The van der Waals surface area contributed by atoms with Crippen LogP contribution in [0.3, 0.4) is 0 Å². The number of nitrogens with two attached hydrogens (primary N) is 1. The van der Waals surface area contributed by atoms with Crippen molar-refractivity contribution in [3.05, 3.63) is 0 Å². The molecule has 4 heteroatoms. The molecule has 96 valence electrons. The first kappa shape index (κ1) is 15.2. The first-order valence-electron chi connectivity index (χ1n) is 6.05. The zero-order valence-electron chi connectivity index (χ0n) is 11.7. The molecule has 0 saturated carbocycles. The van der Waals surface area contributed by atoms with Gasteiger partial charge in [-0.25, -0.2) is 0 Å². The van der Waals surface area contributed by atoms with Gasteiger partial charge < -0.3 is 15.5 Å². The van der Waals surface area contributed by atoms with Crippen molar-refractivity contribution in [1.82, 2.24) is 9.80 Å². The van der Waals surface area contributed by atoms with Gasteiger partial charge in [-0.2, -0.15) is 0 Å². The van der Waals surface area contributed by atoms with Gasteiger partial charge in [-0.1, -0.05) is 13.8 Å². The highest BCUT2D eigenvalue weighted by Gasteiger charge is 2.10. The number of guanidine groups is 1. The van der Waals surface area contributed by atoms with Crippen molar-refractivity contribution >= 4 is 5.96 Å². The monoisotopic (exact) mass is 228 g/mol. The third-order valence-corrected chi connectivity index (χ3v) is 2.12. The molecule has 0 aliphatic heterocycles. The molecule has 0 bridgehead atoms. The van der Waals surface area contributed by atoms with E-state index in [4.69, 9.17) is 5.73 Å². The summed E-state index contributed by atoms with van der Waals surface area (Å²) in [5.41, 5.74) is 6.01. The summed E-state index contributed by atoms with van der Waals surface area (Å²) in [6.45, 7) is 11.4. The molecule has 0 aromatic heterocycles. The van der Waals surface area contributed by atoms with Crippen molar-refractivity contribution < 1.29 is 0 Å². The molecule has 2 N–H and O–H groups in total. The summed E-state index contributed by atoms with van der Waals surface area (Å²) in [6.07, 6.45) is 0. The summed E-state index contributed by atoms with van der Waals surface area (Å²) >= 11 is 0. The van der Waals surface area contributed by atoms with E-state index in [2.05, 4.69) is 42.7 Å². The first-order valence-corrected chi connectivity index (χ1v) is 6.05. The summed E-state index contributed by atoms with van der Waals surface area (Å²) in [5, 5.41) is 0. The summed E-state index contributed by atoms with van der Waals surface area (Å²) in [6, 6.07) is 0.258. The Kier molecular flexibility index (Phi) is 7.13. The molecule has 0 atom stereocenters. The minimum Gasteiger partial charge on any atom is -0.370 e. The molecular weight excluding hydrogens is 200 g/mol. The van der Waals surface area contributed by atoms with Crippen LogP contribution >= 0.6 is 0 Å². The summed E-state index contributed by atoms with van der Waals surface area (Å²) in [5.74, 6) is 1.27. The highest BCUT2D eigenvalue weighted by atomic mass is 15.3. The Bertz CT molecular complexity index is 209. The van der Waals surface area contributed by atoms with E-state index in [1.165, 1.54) is 0 Å². The third-order valence-electron chi connectivity index (χ3n) is 2.12. The van der Waals surface area contributed by atoms with Crippen LogP contribution in [0.2, 0.25) is 0 Å². The average molecular weight is 228 g/mol. The van der Waals surface area contributed by atoms with Crippen LogP contribution in [-0.2, 0) is 0 Å². The van der Waals surface area contributed by atoms with Crippen LogP contribution in [0.1, 0.15) is 27.7 Å². The van der Waals surface area contributed by atoms with Crippen LogP contribution in [0.4, 0.5) is 0 Å². The predicted molar refractivity (Wildman–Crippen MR) is 71.7 cm³/mol. The van der Waals surface area contributed by atoms with E-state index >= 15 is 0 Å². The van der Waals surface area contributed by atoms with Crippen LogP contribution in [0.5, 0.6) is 0 Å². The molecule has 0 aromatic rings. The molecule has 0 spiro atoms. The van der Waals surface area contributed by atoms with E-state index in [-0.39, 0.29) is 6.04 Å². The highest BCUT2D eigenvalue weighted by Crippen LogP contribution is 2.00. The fourth-order valence-corrected chi connectivity index (χ4v) is 1.41. The third kappa shape index (κ3) is 7.51. The molecule has 0 amide bonds. The van der Waals surface area contributed by atoms with Crippen LogP contribution in [-0.4, -0.2) is 55.5 Å². The van der Waals surface area contributed by atoms with E-state index in [1.54, 1.807) is 0 Å². The van der Waals surface area contributed by atoms with E-state index in [0.717, 1.165) is 19.6 Å². The zero-order chi connectivity index (χ0) is 12.7. The smallest absolute Gasteiger partial charge is 0.191 e. The fraction of sp³-hybridized carbons (Fsp3) is 0.917. The summed E-state index contributed by atoms with van der Waals surface area (Å²) in [4.78, 5) is 8.74. The molecule has 0 rings (SSSR count). The van der Waals surface area contributed by atoms with Gasteiger partial charge in [0.1, 0.15) is 0 Å². The lowest BCUT2D eigenvalue weighted by Gasteiger charge is -2.27. The number of hydrogen-bond acceptors (Lipinski definition) is 2. The van der Waals surface area contributed by atoms with Gasteiger partial charge in [-0.05, 0) is 33.9 Å². The van der Waals surface area contributed by atoms with Crippen molar-refractivity contribution in [2.24, 2.45) is 16.6 Å². The SMILES string of the molecule is CC(C)CN(CCN(C)C)C(N)=NC(C)C. The fourth-order valence-electron chi connectivity index (χ4n) is 1.41. The molecule has 0 unspecified atom stereocenters. The molecule has 4 nitrogen and oxygen atoms in total. The second-order valence-electron chi connectivity index (χ2n) is 5.22. The van der Waals surface area contributed by atoms with Gasteiger partial charge in [0, 0.05) is 25.7 Å². The number of nitrogens with zero attached hydrogens (tertiary/aromatic N) is 3. The number of aliphatic imine (C=N–C) groups is 1. The number of hydrogen-bond donors (Lipinski definition) is 1. The molecule has 0 aliphatic carbocycles.